The number of anilines is 2. The largest absolute Gasteiger partial charge is 0.397 e. The predicted octanol–water partition coefficient (Wildman–Crippen LogP) is 1.82. The SMILES string of the molecule is Nc1cccc2c1N(Cc1ccno1)CC2. The van der Waals surface area contributed by atoms with Gasteiger partial charge in [0.25, 0.3) is 0 Å². The summed E-state index contributed by atoms with van der Waals surface area (Å²) in [5, 5.41) is 3.71. The van der Waals surface area contributed by atoms with Gasteiger partial charge in [-0.25, -0.2) is 0 Å². The normalized spacial score (nSPS) is 14.1. The van der Waals surface area contributed by atoms with Gasteiger partial charge in [-0.15, -0.1) is 0 Å². The van der Waals surface area contributed by atoms with Crippen molar-refractivity contribution in [3.05, 3.63) is 41.8 Å². The minimum absolute atomic E-state index is 0.737. The van der Waals surface area contributed by atoms with Crippen LogP contribution in [0.4, 0.5) is 11.4 Å². The van der Waals surface area contributed by atoms with Gasteiger partial charge < -0.3 is 15.2 Å². The molecule has 16 heavy (non-hydrogen) atoms. The molecule has 2 N–H and O–H groups in total. The third-order valence-corrected chi connectivity index (χ3v) is 2.96. The molecule has 3 rings (SSSR count). The van der Waals surface area contributed by atoms with Crippen LogP contribution < -0.4 is 10.6 Å². The second-order valence-electron chi connectivity index (χ2n) is 4.01. The highest BCUT2D eigenvalue weighted by Gasteiger charge is 2.21. The number of aromatic nitrogens is 1. The molecule has 2 aromatic rings. The van der Waals surface area contributed by atoms with E-state index in [1.54, 1.807) is 6.20 Å². The molecule has 0 spiro atoms. The van der Waals surface area contributed by atoms with Gasteiger partial charge in [0, 0.05) is 12.6 Å². The van der Waals surface area contributed by atoms with E-state index in [0.29, 0.717) is 0 Å². The number of rotatable bonds is 2. The van der Waals surface area contributed by atoms with Crippen molar-refractivity contribution in [2.75, 3.05) is 17.2 Å². The number of fused-ring (bicyclic) bond motifs is 1. The number of para-hydroxylation sites is 1. The molecule has 1 aliphatic rings. The van der Waals surface area contributed by atoms with Crippen molar-refractivity contribution in [3.63, 3.8) is 0 Å². The molecular formula is C12H13N3O. The monoisotopic (exact) mass is 215 g/mol. The standard InChI is InChI=1S/C12H13N3O/c13-11-3-1-2-9-5-7-15(12(9)11)8-10-4-6-14-16-10/h1-4,6H,5,7-8,13H2. The summed E-state index contributed by atoms with van der Waals surface area (Å²) in [5.74, 6) is 0.871. The van der Waals surface area contributed by atoms with Crippen molar-refractivity contribution in [2.24, 2.45) is 0 Å². The summed E-state index contributed by atoms with van der Waals surface area (Å²) < 4.78 is 5.12. The maximum atomic E-state index is 6.00. The van der Waals surface area contributed by atoms with E-state index in [1.807, 2.05) is 18.2 Å². The molecule has 0 bridgehead atoms. The minimum atomic E-state index is 0.737. The highest BCUT2D eigenvalue weighted by Crippen LogP contribution is 2.34. The fourth-order valence-corrected chi connectivity index (χ4v) is 2.24. The zero-order valence-corrected chi connectivity index (χ0v) is 8.89. The third kappa shape index (κ3) is 1.43. The Balaban J connectivity index is 1.91. The molecule has 4 nitrogen and oxygen atoms in total. The first-order valence-electron chi connectivity index (χ1n) is 5.36. The number of nitrogen functional groups attached to an aromatic ring is 1. The number of nitrogens with zero attached hydrogens (tertiary/aromatic N) is 2. The number of nitrogens with two attached hydrogens (primary N) is 1. The molecular weight excluding hydrogens is 202 g/mol. The summed E-state index contributed by atoms with van der Waals surface area (Å²) in [6.45, 7) is 1.73. The van der Waals surface area contributed by atoms with Crippen molar-refractivity contribution >= 4 is 11.4 Å². The van der Waals surface area contributed by atoms with Gasteiger partial charge in [-0.2, -0.15) is 0 Å². The van der Waals surface area contributed by atoms with E-state index < -0.39 is 0 Å². The first kappa shape index (κ1) is 9.27. The fourth-order valence-electron chi connectivity index (χ4n) is 2.24. The Bertz CT molecular complexity index is 493. The predicted molar refractivity (Wildman–Crippen MR) is 62.1 cm³/mol. The lowest BCUT2D eigenvalue weighted by Gasteiger charge is -2.19. The van der Waals surface area contributed by atoms with Gasteiger partial charge in [-0.1, -0.05) is 17.3 Å². The molecule has 1 aromatic carbocycles. The summed E-state index contributed by atoms with van der Waals surface area (Å²) in [4.78, 5) is 2.24. The summed E-state index contributed by atoms with van der Waals surface area (Å²) in [7, 11) is 0. The van der Waals surface area contributed by atoms with Crippen molar-refractivity contribution in [2.45, 2.75) is 13.0 Å². The van der Waals surface area contributed by atoms with Crippen molar-refractivity contribution in [1.82, 2.24) is 5.16 Å². The van der Waals surface area contributed by atoms with Crippen molar-refractivity contribution in [1.29, 1.82) is 0 Å². The Morgan fingerprint density at radius 3 is 3.12 bits per heavy atom. The summed E-state index contributed by atoms with van der Waals surface area (Å²) in [6, 6.07) is 7.97. The van der Waals surface area contributed by atoms with Crippen molar-refractivity contribution < 1.29 is 4.52 Å². The van der Waals surface area contributed by atoms with Crippen LogP contribution in [0.1, 0.15) is 11.3 Å². The van der Waals surface area contributed by atoms with E-state index in [0.717, 1.165) is 36.6 Å². The lowest BCUT2D eigenvalue weighted by Crippen LogP contribution is -2.20. The average molecular weight is 215 g/mol. The first-order chi connectivity index (χ1) is 7.84. The van der Waals surface area contributed by atoms with Gasteiger partial charge in [0.2, 0.25) is 0 Å². The molecule has 4 heteroatoms. The van der Waals surface area contributed by atoms with E-state index in [1.165, 1.54) is 5.56 Å². The summed E-state index contributed by atoms with van der Waals surface area (Å²) in [6.07, 6.45) is 2.72. The van der Waals surface area contributed by atoms with Crippen LogP contribution in [0, 0.1) is 0 Å². The summed E-state index contributed by atoms with van der Waals surface area (Å²) >= 11 is 0. The van der Waals surface area contributed by atoms with Gasteiger partial charge in [0.1, 0.15) is 0 Å². The fraction of sp³-hybridized carbons (Fsp3) is 0.250. The van der Waals surface area contributed by atoms with E-state index in [9.17, 15) is 0 Å². The van der Waals surface area contributed by atoms with Gasteiger partial charge >= 0.3 is 0 Å². The zero-order valence-electron chi connectivity index (χ0n) is 8.89. The number of benzene rings is 1. The minimum Gasteiger partial charge on any atom is -0.397 e. The average Bonchev–Trinajstić information content (AvgIpc) is 2.90. The Hall–Kier alpha value is -1.97. The molecule has 0 fully saturated rings. The van der Waals surface area contributed by atoms with E-state index >= 15 is 0 Å². The second kappa shape index (κ2) is 3.56. The Labute approximate surface area is 93.6 Å². The summed E-state index contributed by atoms with van der Waals surface area (Å²) in [5.41, 5.74) is 9.32. The van der Waals surface area contributed by atoms with Crippen LogP contribution in [-0.4, -0.2) is 11.7 Å². The molecule has 0 radical (unpaired) electrons. The Morgan fingerprint density at radius 2 is 2.31 bits per heavy atom. The maximum Gasteiger partial charge on any atom is 0.155 e. The molecule has 0 saturated heterocycles. The van der Waals surface area contributed by atoms with E-state index in [4.69, 9.17) is 10.3 Å². The maximum absolute atomic E-state index is 6.00. The van der Waals surface area contributed by atoms with Gasteiger partial charge in [-0.05, 0) is 18.1 Å². The molecule has 0 amide bonds. The van der Waals surface area contributed by atoms with Crippen LogP contribution in [0.5, 0.6) is 0 Å². The molecule has 1 aromatic heterocycles. The molecule has 0 aliphatic carbocycles. The molecule has 0 atom stereocenters. The smallest absolute Gasteiger partial charge is 0.155 e. The van der Waals surface area contributed by atoms with Crippen molar-refractivity contribution in [3.8, 4) is 0 Å². The highest BCUT2D eigenvalue weighted by molar-refractivity contribution is 5.74. The molecule has 1 aliphatic heterocycles. The Morgan fingerprint density at radius 1 is 1.38 bits per heavy atom. The third-order valence-electron chi connectivity index (χ3n) is 2.96. The van der Waals surface area contributed by atoms with Crippen LogP contribution in [0.3, 0.4) is 0 Å². The van der Waals surface area contributed by atoms with E-state index in [-0.39, 0.29) is 0 Å². The topological polar surface area (TPSA) is 55.3 Å². The number of hydrogen-bond donors (Lipinski definition) is 1. The van der Waals surface area contributed by atoms with Crippen LogP contribution in [0.15, 0.2) is 35.0 Å². The lowest BCUT2D eigenvalue weighted by molar-refractivity contribution is 0.382. The van der Waals surface area contributed by atoms with Gasteiger partial charge in [0.05, 0.1) is 24.1 Å². The lowest BCUT2D eigenvalue weighted by atomic mass is 10.1. The highest BCUT2D eigenvalue weighted by atomic mass is 16.5. The van der Waals surface area contributed by atoms with Gasteiger partial charge in [-0.3, -0.25) is 0 Å². The number of hydrogen-bond acceptors (Lipinski definition) is 4. The molecule has 0 saturated carbocycles. The molecule has 2 heterocycles. The van der Waals surface area contributed by atoms with Gasteiger partial charge in [0.15, 0.2) is 5.76 Å². The van der Waals surface area contributed by atoms with Crippen LogP contribution in [0.25, 0.3) is 0 Å². The molecule has 0 unspecified atom stereocenters. The second-order valence-corrected chi connectivity index (χ2v) is 4.01. The van der Waals surface area contributed by atoms with Crippen LogP contribution >= 0.6 is 0 Å². The van der Waals surface area contributed by atoms with Crippen LogP contribution in [-0.2, 0) is 13.0 Å². The first-order valence-corrected chi connectivity index (χ1v) is 5.36. The quantitative estimate of drug-likeness (QED) is 0.776. The van der Waals surface area contributed by atoms with E-state index in [2.05, 4.69) is 16.1 Å². The Kier molecular flexibility index (Phi) is 2.06. The zero-order chi connectivity index (χ0) is 11.0. The van der Waals surface area contributed by atoms with Crippen LogP contribution in [0.2, 0.25) is 0 Å². The molecule has 82 valence electrons.